The number of thioether (sulfide) groups is 1. The van der Waals surface area contributed by atoms with Crippen molar-refractivity contribution in [2.24, 2.45) is 0 Å². The van der Waals surface area contributed by atoms with E-state index in [1.807, 2.05) is 17.8 Å². The molecule has 0 radical (unpaired) electrons. The Bertz CT molecular complexity index is 343. The lowest BCUT2D eigenvalue weighted by atomic mass is 10.3. The normalized spacial score (nSPS) is 21.1. The Morgan fingerprint density at radius 1 is 1.29 bits per heavy atom. The second-order valence-corrected chi connectivity index (χ2v) is 4.70. The Balaban J connectivity index is 2.09. The molecule has 0 amide bonds. The predicted molar refractivity (Wildman–Crippen MR) is 60.2 cm³/mol. The molecule has 0 saturated heterocycles. The van der Waals surface area contributed by atoms with Crippen LogP contribution in [0.2, 0.25) is 0 Å². The van der Waals surface area contributed by atoms with Gasteiger partial charge in [0.15, 0.2) is 0 Å². The molecule has 0 N–H and O–H groups in total. The van der Waals surface area contributed by atoms with E-state index in [1.54, 1.807) is 0 Å². The fourth-order valence-corrected chi connectivity index (χ4v) is 2.65. The van der Waals surface area contributed by atoms with Gasteiger partial charge in [0.25, 0.3) is 0 Å². The maximum Gasteiger partial charge on any atom is 0.103 e. The minimum atomic E-state index is 0.348. The summed E-state index contributed by atoms with van der Waals surface area (Å²) in [4.78, 5) is 2.66. The molecule has 2 heteroatoms. The van der Waals surface area contributed by atoms with Crippen molar-refractivity contribution in [2.75, 3.05) is 0 Å². The number of rotatable bonds is 2. The van der Waals surface area contributed by atoms with Crippen LogP contribution in [0.5, 0.6) is 0 Å². The lowest BCUT2D eigenvalue weighted by Crippen LogP contribution is -1.96. The third-order valence-corrected chi connectivity index (χ3v) is 3.44. The summed E-state index contributed by atoms with van der Waals surface area (Å²) in [6.45, 7) is 4.16. The third kappa shape index (κ3) is 2.13. The topological polar surface area (TPSA) is 9.23 Å². The molecule has 0 aromatic heterocycles. The zero-order valence-electron chi connectivity index (χ0n) is 8.49. The van der Waals surface area contributed by atoms with Gasteiger partial charge in [-0.05, 0) is 26.0 Å². The minimum Gasteiger partial charge on any atom is -0.494 e. The molecule has 1 aromatic carbocycles. The summed E-state index contributed by atoms with van der Waals surface area (Å²) in [7, 11) is 0. The summed E-state index contributed by atoms with van der Waals surface area (Å²) in [6, 6.07) is 10.4. The van der Waals surface area contributed by atoms with E-state index in [2.05, 4.69) is 38.1 Å². The summed E-state index contributed by atoms with van der Waals surface area (Å²) in [5.74, 6) is 1.09. The number of hydrogen-bond acceptors (Lipinski definition) is 2. The summed E-state index contributed by atoms with van der Waals surface area (Å²) in [6.07, 6.45) is 1.40. The van der Waals surface area contributed by atoms with Gasteiger partial charge < -0.3 is 4.74 Å². The number of hydrogen-bond donors (Lipinski definition) is 0. The molecule has 0 fully saturated rings. The van der Waals surface area contributed by atoms with Crippen LogP contribution in [0.3, 0.4) is 0 Å². The molecule has 1 aliphatic heterocycles. The summed E-state index contributed by atoms with van der Waals surface area (Å²) < 4.78 is 5.60. The first-order chi connectivity index (χ1) is 6.75. The van der Waals surface area contributed by atoms with Gasteiger partial charge in [-0.25, -0.2) is 0 Å². The molecule has 14 heavy (non-hydrogen) atoms. The lowest BCUT2D eigenvalue weighted by Gasteiger charge is -2.01. The van der Waals surface area contributed by atoms with Crippen molar-refractivity contribution in [3.05, 3.63) is 41.0 Å². The maximum absolute atomic E-state index is 5.60. The summed E-state index contributed by atoms with van der Waals surface area (Å²) in [5, 5.41) is 0. The van der Waals surface area contributed by atoms with E-state index in [-0.39, 0.29) is 0 Å². The highest BCUT2D eigenvalue weighted by Gasteiger charge is 2.19. The Labute approximate surface area is 89.2 Å². The van der Waals surface area contributed by atoms with Crippen LogP contribution in [0.1, 0.15) is 20.3 Å². The van der Waals surface area contributed by atoms with Crippen molar-refractivity contribution in [3.8, 4) is 0 Å². The van der Waals surface area contributed by atoms with Crippen molar-refractivity contribution in [1.29, 1.82) is 0 Å². The van der Waals surface area contributed by atoms with Gasteiger partial charge in [0.1, 0.15) is 11.9 Å². The molecule has 0 spiro atoms. The molecule has 74 valence electrons. The lowest BCUT2D eigenvalue weighted by molar-refractivity contribution is 0.162. The molecule has 1 heterocycles. The van der Waals surface area contributed by atoms with Crippen molar-refractivity contribution in [3.63, 3.8) is 0 Å². The van der Waals surface area contributed by atoms with Crippen molar-refractivity contribution < 1.29 is 4.74 Å². The maximum atomic E-state index is 5.60. The fourth-order valence-electron chi connectivity index (χ4n) is 1.56. The first-order valence-corrected chi connectivity index (χ1v) is 5.66. The van der Waals surface area contributed by atoms with Crippen LogP contribution in [0.15, 0.2) is 45.9 Å². The minimum absolute atomic E-state index is 0.348. The molecule has 1 nitrogen and oxygen atoms in total. The molecule has 1 aromatic rings. The van der Waals surface area contributed by atoms with E-state index >= 15 is 0 Å². The van der Waals surface area contributed by atoms with E-state index in [0.29, 0.717) is 6.10 Å². The highest BCUT2D eigenvalue weighted by atomic mass is 32.2. The van der Waals surface area contributed by atoms with Crippen LogP contribution in [-0.2, 0) is 4.74 Å². The van der Waals surface area contributed by atoms with Gasteiger partial charge in [-0.1, -0.05) is 30.0 Å². The molecule has 0 aliphatic carbocycles. The SMILES string of the molecule is CC1=C(Sc2ccccc2)C[C@H](C)O1. The molecule has 0 unspecified atom stereocenters. The van der Waals surface area contributed by atoms with Crippen LogP contribution < -0.4 is 0 Å². The second-order valence-electron chi connectivity index (χ2n) is 3.53. The Hall–Kier alpha value is -0.890. The summed E-state index contributed by atoms with van der Waals surface area (Å²) in [5.41, 5.74) is 0. The molecule has 1 atom stereocenters. The van der Waals surface area contributed by atoms with E-state index in [1.165, 1.54) is 9.80 Å². The standard InChI is InChI=1S/C12H14OS/c1-9-8-12(10(2)13-9)14-11-6-4-3-5-7-11/h3-7,9H,8H2,1-2H3/t9-/m0/s1. The first-order valence-electron chi connectivity index (χ1n) is 4.85. The van der Waals surface area contributed by atoms with Crippen molar-refractivity contribution in [2.45, 2.75) is 31.3 Å². The Morgan fingerprint density at radius 2 is 2.00 bits per heavy atom. The van der Waals surface area contributed by atoms with E-state index in [9.17, 15) is 0 Å². The van der Waals surface area contributed by atoms with Gasteiger partial charge in [0.05, 0.1) is 0 Å². The quantitative estimate of drug-likeness (QED) is 0.727. The van der Waals surface area contributed by atoms with Gasteiger partial charge in [-0.3, -0.25) is 0 Å². The van der Waals surface area contributed by atoms with Gasteiger partial charge in [0.2, 0.25) is 0 Å². The first kappa shape index (κ1) is 9.66. The van der Waals surface area contributed by atoms with Gasteiger partial charge >= 0.3 is 0 Å². The number of allylic oxidation sites excluding steroid dienone is 1. The molecular weight excluding hydrogens is 192 g/mol. The van der Waals surface area contributed by atoms with Crippen LogP contribution >= 0.6 is 11.8 Å². The Kier molecular flexibility index (Phi) is 2.82. The van der Waals surface area contributed by atoms with Crippen LogP contribution in [-0.4, -0.2) is 6.10 Å². The highest BCUT2D eigenvalue weighted by Crippen LogP contribution is 2.37. The van der Waals surface area contributed by atoms with E-state index in [4.69, 9.17) is 4.74 Å². The zero-order chi connectivity index (χ0) is 9.97. The van der Waals surface area contributed by atoms with Crippen LogP contribution in [0, 0.1) is 0 Å². The van der Waals surface area contributed by atoms with Crippen molar-refractivity contribution >= 4 is 11.8 Å². The van der Waals surface area contributed by atoms with E-state index < -0.39 is 0 Å². The third-order valence-electron chi connectivity index (χ3n) is 2.23. The van der Waals surface area contributed by atoms with Gasteiger partial charge in [-0.15, -0.1) is 0 Å². The van der Waals surface area contributed by atoms with E-state index in [0.717, 1.165) is 12.2 Å². The van der Waals surface area contributed by atoms with Crippen LogP contribution in [0.4, 0.5) is 0 Å². The number of benzene rings is 1. The highest BCUT2D eigenvalue weighted by molar-refractivity contribution is 8.03. The molecular formula is C12H14OS. The smallest absolute Gasteiger partial charge is 0.103 e. The average molecular weight is 206 g/mol. The summed E-state index contributed by atoms with van der Waals surface area (Å²) >= 11 is 1.82. The van der Waals surface area contributed by atoms with Crippen molar-refractivity contribution in [1.82, 2.24) is 0 Å². The zero-order valence-corrected chi connectivity index (χ0v) is 9.30. The fraction of sp³-hybridized carbons (Fsp3) is 0.333. The number of ether oxygens (including phenoxy) is 1. The average Bonchev–Trinajstić information content (AvgIpc) is 2.47. The van der Waals surface area contributed by atoms with Gasteiger partial charge in [0, 0.05) is 16.2 Å². The Morgan fingerprint density at radius 3 is 2.57 bits per heavy atom. The molecule has 0 saturated carbocycles. The second kappa shape index (κ2) is 4.09. The molecule has 0 bridgehead atoms. The van der Waals surface area contributed by atoms with Gasteiger partial charge in [-0.2, -0.15) is 0 Å². The monoisotopic (exact) mass is 206 g/mol. The van der Waals surface area contributed by atoms with Crippen LogP contribution in [0.25, 0.3) is 0 Å². The molecule has 1 aliphatic rings. The molecule has 2 rings (SSSR count). The predicted octanol–water partition coefficient (Wildman–Crippen LogP) is 3.82. The largest absolute Gasteiger partial charge is 0.494 e.